The first-order valence-electron chi connectivity index (χ1n) is 8.42. The zero-order valence-electron chi connectivity index (χ0n) is 15.2. The van der Waals surface area contributed by atoms with Crippen LogP contribution >= 0.6 is 0 Å². The second-order valence-electron chi connectivity index (χ2n) is 7.07. The molecule has 0 saturated carbocycles. The third-order valence-electron chi connectivity index (χ3n) is 4.39. The molecule has 0 bridgehead atoms. The van der Waals surface area contributed by atoms with Crippen LogP contribution in [0.15, 0.2) is 11.6 Å². The van der Waals surface area contributed by atoms with Gasteiger partial charge < -0.3 is 9.88 Å². The molecule has 136 valence electrons. The Morgan fingerprint density at radius 3 is 2.68 bits per heavy atom. The highest BCUT2D eigenvalue weighted by Gasteiger charge is 2.29. The molecule has 1 aromatic rings. The molecule has 0 radical (unpaired) electrons. The van der Waals surface area contributed by atoms with Gasteiger partial charge in [0.05, 0.1) is 11.5 Å². The molecular formula is C18H25N3O3S. The molecule has 0 spiro atoms. The molecule has 7 heteroatoms. The van der Waals surface area contributed by atoms with Gasteiger partial charge in [0.1, 0.15) is 11.6 Å². The lowest BCUT2D eigenvalue weighted by Crippen LogP contribution is -2.36. The van der Waals surface area contributed by atoms with Crippen molar-refractivity contribution in [3.05, 3.63) is 28.6 Å². The molecule has 1 atom stereocenters. The SMILES string of the molecule is Cc1cc(/C=C(\C#N)C(=O)NC2CCS(=O)(=O)C2)c(C)n1CC(C)C. The Bertz CT molecular complexity index is 842. The van der Waals surface area contributed by atoms with Crippen LogP contribution in [-0.4, -0.2) is 36.4 Å². The van der Waals surface area contributed by atoms with E-state index in [4.69, 9.17) is 0 Å². The van der Waals surface area contributed by atoms with E-state index in [1.54, 1.807) is 6.08 Å². The van der Waals surface area contributed by atoms with Gasteiger partial charge in [0, 0.05) is 24.0 Å². The number of hydrogen-bond acceptors (Lipinski definition) is 4. The van der Waals surface area contributed by atoms with Gasteiger partial charge in [0.2, 0.25) is 0 Å². The number of nitrogens with one attached hydrogen (secondary N) is 1. The first kappa shape index (κ1) is 19.3. The van der Waals surface area contributed by atoms with Crippen LogP contribution in [0, 0.1) is 31.1 Å². The van der Waals surface area contributed by atoms with Gasteiger partial charge in [-0.15, -0.1) is 0 Å². The number of carbonyl (C=O) groups is 1. The van der Waals surface area contributed by atoms with Crippen molar-refractivity contribution in [2.75, 3.05) is 11.5 Å². The quantitative estimate of drug-likeness (QED) is 0.639. The minimum atomic E-state index is -3.07. The molecule has 2 rings (SSSR count). The Balaban J connectivity index is 2.20. The van der Waals surface area contributed by atoms with Crippen molar-refractivity contribution in [3.63, 3.8) is 0 Å². The zero-order chi connectivity index (χ0) is 18.8. The average Bonchev–Trinajstić information content (AvgIpc) is 2.97. The molecule has 0 aliphatic carbocycles. The smallest absolute Gasteiger partial charge is 0.262 e. The fourth-order valence-corrected chi connectivity index (χ4v) is 4.77. The van der Waals surface area contributed by atoms with Gasteiger partial charge in [-0.2, -0.15) is 5.26 Å². The highest BCUT2D eigenvalue weighted by Crippen LogP contribution is 2.20. The van der Waals surface area contributed by atoms with E-state index in [1.165, 1.54) is 0 Å². The summed E-state index contributed by atoms with van der Waals surface area (Å²) in [6.07, 6.45) is 1.98. The van der Waals surface area contributed by atoms with E-state index >= 15 is 0 Å². The molecular weight excluding hydrogens is 338 g/mol. The first-order chi connectivity index (χ1) is 11.6. The number of carbonyl (C=O) groups excluding carboxylic acids is 1. The maximum atomic E-state index is 12.3. The third-order valence-corrected chi connectivity index (χ3v) is 6.16. The Labute approximate surface area is 149 Å². The van der Waals surface area contributed by atoms with Crippen molar-refractivity contribution >= 4 is 21.8 Å². The molecule has 1 N–H and O–H groups in total. The van der Waals surface area contributed by atoms with Crippen LogP contribution < -0.4 is 5.32 Å². The third kappa shape index (κ3) is 4.73. The number of aryl methyl sites for hydroxylation is 1. The van der Waals surface area contributed by atoms with Gasteiger partial charge >= 0.3 is 0 Å². The standard InChI is InChI=1S/C18H25N3O3S/c1-12(2)10-21-13(3)7-15(14(21)4)8-16(9-19)18(22)20-17-5-6-25(23,24)11-17/h7-8,12,17H,5-6,10-11H2,1-4H3,(H,20,22)/b16-8+. The molecule has 1 fully saturated rings. The molecule has 1 aliphatic rings. The molecule has 1 aromatic heterocycles. The van der Waals surface area contributed by atoms with Gasteiger partial charge in [-0.3, -0.25) is 4.79 Å². The molecule has 1 amide bonds. The van der Waals surface area contributed by atoms with Crippen molar-refractivity contribution in [1.82, 2.24) is 9.88 Å². The van der Waals surface area contributed by atoms with E-state index in [2.05, 4.69) is 23.7 Å². The molecule has 1 saturated heterocycles. The van der Waals surface area contributed by atoms with Crippen LogP contribution in [0.4, 0.5) is 0 Å². The second kappa shape index (κ2) is 7.44. The number of rotatable bonds is 5. The van der Waals surface area contributed by atoms with Crippen molar-refractivity contribution in [3.8, 4) is 6.07 Å². The number of aromatic nitrogens is 1. The highest BCUT2D eigenvalue weighted by molar-refractivity contribution is 7.91. The second-order valence-corrected chi connectivity index (χ2v) is 9.30. The molecule has 1 aliphatic heterocycles. The molecule has 2 heterocycles. The lowest BCUT2D eigenvalue weighted by molar-refractivity contribution is -0.117. The predicted octanol–water partition coefficient (Wildman–Crippen LogP) is 1.97. The minimum absolute atomic E-state index is 0.00547. The summed E-state index contributed by atoms with van der Waals surface area (Å²) < 4.78 is 25.2. The van der Waals surface area contributed by atoms with E-state index in [0.717, 1.165) is 23.5 Å². The van der Waals surface area contributed by atoms with Crippen molar-refractivity contribution in [2.24, 2.45) is 5.92 Å². The highest BCUT2D eigenvalue weighted by atomic mass is 32.2. The topological polar surface area (TPSA) is 92.0 Å². The van der Waals surface area contributed by atoms with Crippen LogP contribution in [-0.2, 0) is 21.2 Å². The fraction of sp³-hybridized carbons (Fsp3) is 0.556. The summed E-state index contributed by atoms with van der Waals surface area (Å²) in [5, 5.41) is 12.0. The van der Waals surface area contributed by atoms with E-state index in [-0.39, 0.29) is 17.1 Å². The lowest BCUT2D eigenvalue weighted by Gasteiger charge is -2.12. The number of sulfone groups is 1. The van der Waals surface area contributed by atoms with E-state index in [0.29, 0.717) is 12.3 Å². The summed E-state index contributed by atoms with van der Waals surface area (Å²) in [4.78, 5) is 12.3. The van der Waals surface area contributed by atoms with E-state index < -0.39 is 21.8 Å². The monoisotopic (exact) mass is 363 g/mol. The largest absolute Gasteiger partial charge is 0.348 e. The zero-order valence-corrected chi connectivity index (χ0v) is 16.0. The van der Waals surface area contributed by atoms with E-state index in [1.807, 2.05) is 26.0 Å². The van der Waals surface area contributed by atoms with Crippen molar-refractivity contribution in [1.29, 1.82) is 5.26 Å². The van der Waals surface area contributed by atoms with Gasteiger partial charge in [-0.05, 0) is 43.9 Å². The summed E-state index contributed by atoms with van der Waals surface area (Å²) in [6, 6.07) is 3.48. The van der Waals surface area contributed by atoms with Crippen LogP contribution in [0.3, 0.4) is 0 Å². The summed E-state index contributed by atoms with van der Waals surface area (Å²) in [5.41, 5.74) is 2.92. The Kier molecular flexibility index (Phi) is 5.73. The maximum Gasteiger partial charge on any atom is 0.262 e. The van der Waals surface area contributed by atoms with Crippen LogP contribution in [0.5, 0.6) is 0 Å². The first-order valence-corrected chi connectivity index (χ1v) is 10.2. The Morgan fingerprint density at radius 2 is 2.16 bits per heavy atom. The van der Waals surface area contributed by atoms with Crippen LogP contribution in [0.25, 0.3) is 6.08 Å². The number of amides is 1. The van der Waals surface area contributed by atoms with Crippen LogP contribution in [0.2, 0.25) is 0 Å². The fourth-order valence-electron chi connectivity index (χ4n) is 3.10. The Hall–Kier alpha value is -2.07. The van der Waals surface area contributed by atoms with Crippen molar-refractivity contribution < 1.29 is 13.2 Å². The predicted molar refractivity (Wildman–Crippen MR) is 97.5 cm³/mol. The van der Waals surface area contributed by atoms with Gasteiger partial charge in [0.15, 0.2) is 9.84 Å². The van der Waals surface area contributed by atoms with Crippen molar-refractivity contribution in [2.45, 2.75) is 46.7 Å². The summed E-state index contributed by atoms with van der Waals surface area (Å²) in [6.45, 7) is 9.12. The molecule has 0 aromatic carbocycles. The average molecular weight is 363 g/mol. The molecule has 25 heavy (non-hydrogen) atoms. The van der Waals surface area contributed by atoms with E-state index in [9.17, 15) is 18.5 Å². The summed E-state index contributed by atoms with van der Waals surface area (Å²) in [7, 11) is -3.07. The summed E-state index contributed by atoms with van der Waals surface area (Å²) in [5.74, 6) is 0.00298. The number of nitrogens with zero attached hydrogens (tertiary/aromatic N) is 2. The molecule has 1 unspecified atom stereocenters. The van der Waals surface area contributed by atoms with Gasteiger partial charge in [-0.1, -0.05) is 13.8 Å². The number of hydrogen-bond donors (Lipinski definition) is 1. The normalized spacial score (nSPS) is 19.8. The lowest BCUT2D eigenvalue weighted by atomic mass is 10.1. The van der Waals surface area contributed by atoms with Gasteiger partial charge in [0.25, 0.3) is 5.91 Å². The summed E-state index contributed by atoms with van der Waals surface area (Å²) >= 11 is 0. The minimum Gasteiger partial charge on any atom is -0.348 e. The maximum absolute atomic E-state index is 12.3. The molecule has 6 nitrogen and oxygen atoms in total. The number of nitriles is 1. The Morgan fingerprint density at radius 1 is 1.48 bits per heavy atom. The van der Waals surface area contributed by atoms with Crippen LogP contribution in [0.1, 0.15) is 37.2 Å². The van der Waals surface area contributed by atoms with Gasteiger partial charge in [-0.25, -0.2) is 8.42 Å².